The summed E-state index contributed by atoms with van der Waals surface area (Å²) in [5.41, 5.74) is 0.988. The number of hydrogen-bond acceptors (Lipinski definition) is 6. The Morgan fingerprint density at radius 1 is 1.28 bits per heavy atom. The molecule has 2 heterocycles. The van der Waals surface area contributed by atoms with Gasteiger partial charge < -0.3 is 15.3 Å². The number of carbonyl (C=O) groups is 1. The van der Waals surface area contributed by atoms with Crippen LogP contribution in [-0.4, -0.2) is 71.8 Å². The third-order valence-corrected chi connectivity index (χ3v) is 8.35. The van der Waals surface area contributed by atoms with Gasteiger partial charge >= 0.3 is 6.03 Å². The number of anilines is 1. The van der Waals surface area contributed by atoms with E-state index in [1.807, 2.05) is 11.0 Å². The molecule has 0 spiro atoms. The van der Waals surface area contributed by atoms with Gasteiger partial charge in [-0.15, -0.1) is 0 Å². The van der Waals surface area contributed by atoms with E-state index in [0.29, 0.717) is 42.8 Å². The smallest absolute Gasteiger partial charge is 0.320 e. The molecule has 3 N–H and O–H groups in total. The quantitative estimate of drug-likeness (QED) is 0.504. The monoisotopic (exact) mass is 481 g/mol. The summed E-state index contributed by atoms with van der Waals surface area (Å²) in [5, 5.41) is 19.7. The van der Waals surface area contributed by atoms with Crippen LogP contribution in [0.1, 0.15) is 30.9 Å². The normalized spacial score (nSPS) is 18.2. The first-order chi connectivity index (χ1) is 15.3. The van der Waals surface area contributed by atoms with Crippen LogP contribution in [0.5, 0.6) is 0 Å². The molecule has 174 valence electrons. The number of aryl methyl sites for hydroxylation is 1. The van der Waals surface area contributed by atoms with Crippen LogP contribution < -0.4 is 10.6 Å². The van der Waals surface area contributed by atoms with Crippen molar-refractivity contribution in [1.82, 2.24) is 20.0 Å². The van der Waals surface area contributed by atoms with Gasteiger partial charge in [0.25, 0.3) is 0 Å². The summed E-state index contributed by atoms with van der Waals surface area (Å²) >= 11 is 5.84. The van der Waals surface area contributed by atoms with E-state index in [0.717, 1.165) is 18.5 Å². The second-order valence-corrected chi connectivity index (χ2v) is 11.2. The van der Waals surface area contributed by atoms with Gasteiger partial charge in [0.15, 0.2) is 9.84 Å². The van der Waals surface area contributed by atoms with Gasteiger partial charge in [-0.2, -0.15) is 5.10 Å². The summed E-state index contributed by atoms with van der Waals surface area (Å²) < 4.78 is 27.0. The molecule has 2 amide bonds. The van der Waals surface area contributed by atoms with Gasteiger partial charge in [-0.3, -0.25) is 10.00 Å². The molecule has 1 aromatic carbocycles. The van der Waals surface area contributed by atoms with Crippen LogP contribution in [0, 0.1) is 0 Å². The number of hydrogen-bond donors (Lipinski definition) is 3. The molecule has 32 heavy (non-hydrogen) atoms. The molecule has 1 atom stereocenters. The Hall–Kier alpha value is -2.14. The molecule has 1 aliphatic heterocycles. The average Bonchev–Trinajstić information content (AvgIpc) is 3.50. The molecule has 2 aliphatic rings. The molecule has 0 unspecified atom stereocenters. The molecule has 2 fully saturated rings. The van der Waals surface area contributed by atoms with E-state index < -0.39 is 27.2 Å². The van der Waals surface area contributed by atoms with Crippen LogP contribution in [0.3, 0.4) is 0 Å². The fourth-order valence-corrected chi connectivity index (χ4v) is 5.63. The predicted molar refractivity (Wildman–Crippen MR) is 122 cm³/mol. The van der Waals surface area contributed by atoms with Crippen molar-refractivity contribution in [3.8, 4) is 0 Å². The van der Waals surface area contributed by atoms with Crippen molar-refractivity contribution in [2.75, 3.05) is 31.6 Å². The summed E-state index contributed by atoms with van der Waals surface area (Å²) in [4.78, 5) is 14.6. The summed E-state index contributed by atoms with van der Waals surface area (Å²) in [6, 6.07) is 7.25. The van der Waals surface area contributed by atoms with Gasteiger partial charge in [0, 0.05) is 43.7 Å². The number of amides is 2. The van der Waals surface area contributed by atoms with Crippen LogP contribution in [0.15, 0.2) is 35.2 Å². The topological polar surface area (TPSA) is 117 Å². The predicted octanol–water partition coefficient (Wildman–Crippen LogP) is 1.98. The highest BCUT2D eigenvalue weighted by molar-refractivity contribution is 7.92. The van der Waals surface area contributed by atoms with Crippen molar-refractivity contribution in [2.24, 2.45) is 7.05 Å². The summed E-state index contributed by atoms with van der Waals surface area (Å²) in [6.07, 6.45) is 2.78. The lowest BCUT2D eigenvalue weighted by molar-refractivity contribution is 0.160. The Bertz CT molecular complexity index is 1060. The molecule has 1 aromatic heterocycles. The first kappa shape index (κ1) is 23.0. The Labute approximate surface area is 192 Å². The fourth-order valence-electron chi connectivity index (χ4n) is 3.79. The Morgan fingerprint density at radius 3 is 2.59 bits per heavy atom. The Kier molecular flexibility index (Phi) is 6.75. The van der Waals surface area contributed by atoms with Crippen molar-refractivity contribution in [3.05, 3.63) is 41.0 Å². The maximum Gasteiger partial charge on any atom is 0.320 e. The highest BCUT2D eigenvalue weighted by Crippen LogP contribution is 2.39. The standard InChI is InChI=1S/C21H28ClN5O4S/c1-26-20(10-19(25-26)14-2-3-14)24-21(29)23-16(13-28)8-9-27-11-18(12-27)32(30,31)17-6-4-15(22)5-7-17/h4-7,10,14,16,18,28H,2-3,8-9,11-13H2,1H3,(H2,23,24,29)/t16-/m0/s1. The maximum atomic E-state index is 12.7. The lowest BCUT2D eigenvalue weighted by Crippen LogP contribution is -2.55. The van der Waals surface area contributed by atoms with E-state index in [1.54, 1.807) is 23.9 Å². The fraction of sp³-hybridized carbons (Fsp3) is 0.524. The maximum absolute atomic E-state index is 12.7. The number of likely N-dealkylation sites (tertiary alicyclic amines) is 1. The first-order valence-electron chi connectivity index (χ1n) is 10.7. The van der Waals surface area contributed by atoms with E-state index in [2.05, 4.69) is 15.7 Å². The molecule has 1 saturated carbocycles. The molecule has 11 heteroatoms. The highest BCUT2D eigenvalue weighted by Gasteiger charge is 2.38. The van der Waals surface area contributed by atoms with Crippen LogP contribution in [0.2, 0.25) is 5.02 Å². The number of nitrogens with zero attached hydrogens (tertiary/aromatic N) is 3. The lowest BCUT2D eigenvalue weighted by atomic mass is 10.1. The molecule has 2 aromatic rings. The van der Waals surface area contributed by atoms with Gasteiger partial charge in [0.2, 0.25) is 0 Å². The van der Waals surface area contributed by atoms with Crippen LogP contribution in [0.4, 0.5) is 10.6 Å². The summed E-state index contributed by atoms with van der Waals surface area (Å²) in [7, 11) is -1.61. The van der Waals surface area contributed by atoms with E-state index >= 15 is 0 Å². The zero-order chi connectivity index (χ0) is 22.9. The molecule has 0 bridgehead atoms. The third-order valence-electron chi connectivity index (χ3n) is 5.99. The number of benzene rings is 1. The van der Waals surface area contributed by atoms with Crippen LogP contribution in [-0.2, 0) is 16.9 Å². The zero-order valence-corrected chi connectivity index (χ0v) is 19.4. The molecule has 9 nitrogen and oxygen atoms in total. The Balaban J connectivity index is 1.22. The Morgan fingerprint density at radius 2 is 1.97 bits per heavy atom. The number of aromatic nitrogens is 2. The average molecular weight is 482 g/mol. The number of rotatable bonds is 9. The molecule has 4 rings (SSSR count). The van der Waals surface area contributed by atoms with Gasteiger partial charge in [0.1, 0.15) is 5.82 Å². The number of aliphatic hydroxyl groups excluding tert-OH is 1. The largest absolute Gasteiger partial charge is 0.394 e. The van der Waals surface area contributed by atoms with Gasteiger partial charge in [-0.25, -0.2) is 13.2 Å². The van der Waals surface area contributed by atoms with E-state index in [-0.39, 0.29) is 11.5 Å². The van der Waals surface area contributed by atoms with Crippen molar-refractivity contribution in [1.29, 1.82) is 0 Å². The molecule has 1 saturated heterocycles. The molecular formula is C21H28ClN5O4S. The van der Waals surface area contributed by atoms with Crippen LogP contribution in [0.25, 0.3) is 0 Å². The minimum atomic E-state index is -3.39. The van der Waals surface area contributed by atoms with E-state index in [4.69, 9.17) is 11.6 Å². The highest BCUT2D eigenvalue weighted by atomic mass is 35.5. The van der Waals surface area contributed by atoms with Crippen molar-refractivity contribution in [3.63, 3.8) is 0 Å². The first-order valence-corrected chi connectivity index (χ1v) is 12.6. The second kappa shape index (κ2) is 9.38. The van der Waals surface area contributed by atoms with Crippen molar-refractivity contribution in [2.45, 2.75) is 41.4 Å². The minimum absolute atomic E-state index is 0.202. The van der Waals surface area contributed by atoms with Gasteiger partial charge in [-0.05, 0) is 43.5 Å². The van der Waals surface area contributed by atoms with Crippen molar-refractivity contribution >= 4 is 33.3 Å². The molecular weight excluding hydrogens is 454 g/mol. The number of urea groups is 1. The number of sulfone groups is 1. The number of halogens is 1. The summed E-state index contributed by atoms with van der Waals surface area (Å²) in [6.45, 7) is 1.23. The third kappa shape index (κ3) is 5.25. The lowest BCUT2D eigenvalue weighted by Gasteiger charge is -2.39. The number of aliphatic hydroxyl groups is 1. The number of carbonyl (C=O) groups excluding carboxylic acids is 1. The summed E-state index contributed by atoms with van der Waals surface area (Å²) in [5.74, 6) is 1.10. The van der Waals surface area contributed by atoms with Crippen LogP contribution >= 0.6 is 11.6 Å². The van der Waals surface area contributed by atoms with Gasteiger partial charge in [-0.1, -0.05) is 11.6 Å². The zero-order valence-electron chi connectivity index (χ0n) is 17.9. The minimum Gasteiger partial charge on any atom is -0.394 e. The molecule has 1 aliphatic carbocycles. The number of nitrogens with one attached hydrogen (secondary N) is 2. The van der Waals surface area contributed by atoms with Gasteiger partial charge in [0.05, 0.1) is 28.5 Å². The van der Waals surface area contributed by atoms with E-state index in [9.17, 15) is 18.3 Å². The second-order valence-electron chi connectivity index (χ2n) is 8.50. The SMILES string of the molecule is Cn1nc(C2CC2)cc1NC(=O)N[C@H](CO)CCN1CC(S(=O)(=O)c2ccc(Cl)cc2)C1. The molecule has 0 radical (unpaired) electrons. The van der Waals surface area contributed by atoms with E-state index in [1.165, 1.54) is 12.1 Å². The van der Waals surface area contributed by atoms with Crippen molar-refractivity contribution < 1.29 is 18.3 Å².